The number of esters is 1. The zero-order valence-corrected chi connectivity index (χ0v) is 55.8. The van der Waals surface area contributed by atoms with Gasteiger partial charge in [-0.3, -0.25) is 9.59 Å². The van der Waals surface area contributed by atoms with Crippen LogP contribution in [0.25, 0.3) is 0 Å². The molecule has 6 rings (SSSR count). The molecule has 1 aliphatic carbocycles. The predicted octanol–water partition coefficient (Wildman–Crippen LogP) is 10.6. The first-order valence-corrected chi connectivity index (χ1v) is 35.8. The maximum atomic E-state index is 14.7. The molecule has 0 bridgehead atoms. The fourth-order valence-electron chi connectivity index (χ4n) is 15.0. The van der Waals surface area contributed by atoms with Crippen molar-refractivity contribution in [3.8, 4) is 0 Å². The van der Waals surface area contributed by atoms with Gasteiger partial charge in [0.15, 0.2) is 12.6 Å². The monoisotopic (exact) mass is 1250 g/mol. The molecule has 3 saturated heterocycles. The minimum Gasteiger partial charge on any atom is -0.388 e. The summed E-state index contributed by atoms with van der Waals surface area (Å²) in [7, 11) is 5.23. The Morgan fingerprint density at radius 2 is 1.34 bits per heavy atom. The van der Waals surface area contributed by atoms with Gasteiger partial charge >= 0.3 is 217 Å². The molecule has 2 aromatic rings. The Morgan fingerprint density at radius 3 is 1.87 bits per heavy atom. The molecule has 15 nitrogen and oxygen atoms in total. The topological polar surface area (TPSA) is 197 Å². The van der Waals surface area contributed by atoms with E-state index >= 15 is 0 Å². The van der Waals surface area contributed by atoms with Crippen LogP contribution in [0.5, 0.6) is 0 Å². The zero-order chi connectivity index (χ0) is 63.6. The van der Waals surface area contributed by atoms with Crippen LogP contribution in [0.4, 0.5) is 8.78 Å². The largest absolute Gasteiger partial charge is 0.388 e. The van der Waals surface area contributed by atoms with E-state index in [-0.39, 0.29) is 68.8 Å². The van der Waals surface area contributed by atoms with E-state index in [0.717, 1.165) is 68.1 Å². The first kappa shape index (κ1) is 72.6. The molecular weight excluding hydrogens is 1150 g/mol. The average Bonchev–Trinajstić information content (AvgIpc) is 0.737. The maximum Gasteiger partial charge on any atom is 0.126 e. The van der Waals surface area contributed by atoms with Crippen molar-refractivity contribution >= 4 is 39.7 Å². The number of ether oxygens (including phenoxy) is 6. The van der Waals surface area contributed by atoms with E-state index in [1.807, 2.05) is 69.2 Å². The quantitative estimate of drug-likeness (QED) is 0.0424. The van der Waals surface area contributed by atoms with Crippen LogP contribution in [0.3, 0.4) is 0 Å². The van der Waals surface area contributed by atoms with Gasteiger partial charge in [0.25, 0.3) is 0 Å². The van der Waals surface area contributed by atoms with Crippen LogP contribution in [0.1, 0.15) is 185 Å². The fraction of sp³-hybridized carbons (Fsp3) is 0.791. The minimum absolute atomic E-state index is 0.0301. The third-order valence-electron chi connectivity index (χ3n) is 20.3. The van der Waals surface area contributed by atoms with E-state index < -0.39 is 114 Å². The van der Waals surface area contributed by atoms with E-state index in [0.29, 0.717) is 25.7 Å². The fourth-order valence-corrected chi connectivity index (χ4v) is 22.4. The molecule has 3 aliphatic heterocycles. The molecule has 492 valence electrons. The first-order valence-electron chi connectivity index (χ1n) is 32.4. The van der Waals surface area contributed by atoms with Gasteiger partial charge < -0.3 is 63.8 Å². The second-order valence-corrected chi connectivity index (χ2v) is 34.5. The molecule has 5 N–H and O–H groups in total. The number of aliphatic hydroxyl groups excluding tert-OH is 3. The summed E-state index contributed by atoms with van der Waals surface area (Å²) in [6.45, 7) is 17.2. The Bertz CT molecular complexity index is 2370. The molecule has 86 heavy (non-hydrogen) atoms. The summed E-state index contributed by atoms with van der Waals surface area (Å²) in [6.07, 6.45) is 0.00273. The number of benzene rings is 2. The molecule has 0 aromatic heterocycles. The van der Waals surface area contributed by atoms with Crippen molar-refractivity contribution in [3.05, 3.63) is 60.7 Å². The Kier molecular flexibility index (Phi) is 26.0. The molecule has 0 spiro atoms. The van der Waals surface area contributed by atoms with E-state index in [1.54, 1.807) is 53.4 Å². The number of cyclic esters (lactones) is 1. The van der Waals surface area contributed by atoms with Crippen LogP contribution in [0.15, 0.2) is 60.7 Å². The summed E-state index contributed by atoms with van der Waals surface area (Å²) in [5.74, 6) is -9.47. The van der Waals surface area contributed by atoms with Gasteiger partial charge in [-0.05, 0) is 87.7 Å². The van der Waals surface area contributed by atoms with Crippen molar-refractivity contribution < 1.29 is 72.3 Å². The Morgan fingerprint density at radius 1 is 0.791 bits per heavy atom. The molecule has 1 amide bonds. The number of hydrogen-bond donors (Lipinski definition) is 5. The first-order chi connectivity index (χ1) is 40.3. The number of hydrogen-bond acceptors (Lipinski definition) is 14. The molecule has 0 radical (unpaired) electrons. The average molecular weight is 1260 g/mol. The Labute approximate surface area is 518 Å². The molecule has 4 fully saturated rings. The molecule has 19 heteroatoms. The number of carbonyl (C=O) groups is 2. The molecule has 1 saturated carbocycles. The summed E-state index contributed by atoms with van der Waals surface area (Å²) < 4.78 is 67.5. The summed E-state index contributed by atoms with van der Waals surface area (Å²) in [5.41, 5.74) is -4.89. The van der Waals surface area contributed by atoms with E-state index in [9.17, 15) is 43.9 Å². The maximum absolute atomic E-state index is 14.7. The van der Waals surface area contributed by atoms with Crippen LogP contribution in [0, 0.1) is 17.8 Å². The number of carbonyl (C=O) groups excluding carboxylic acids is 2. The summed E-state index contributed by atoms with van der Waals surface area (Å²) in [4.78, 5) is 32.8. The van der Waals surface area contributed by atoms with Gasteiger partial charge in [-0.25, -0.2) is 0 Å². The normalized spacial score (nSPS) is 37.0. The summed E-state index contributed by atoms with van der Waals surface area (Å²) in [5, 5.41) is 62.7. The van der Waals surface area contributed by atoms with Crippen molar-refractivity contribution in [1.82, 2.24) is 9.80 Å². The number of likely N-dealkylation sites (N-methyl/N-ethyl adjacent to an activating group) is 1. The number of unbranched alkanes of at least 4 members (excludes halogenated alkanes) is 8. The summed E-state index contributed by atoms with van der Waals surface area (Å²) >= 11 is 8.31. The van der Waals surface area contributed by atoms with E-state index in [2.05, 4.69) is 24.3 Å². The van der Waals surface area contributed by atoms with Crippen LogP contribution in [-0.2, 0) is 38.0 Å². The van der Waals surface area contributed by atoms with Gasteiger partial charge in [0.1, 0.15) is 30.0 Å². The van der Waals surface area contributed by atoms with E-state index in [1.165, 1.54) is 14.0 Å². The van der Waals surface area contributed by atoms with Gasteiger partial charge in [0, 0.05) is 32.0 Å². The molecule has 2 aromatic carbocycles. The van der Waals surface area contributed by atoms with Gasteiger partial charge in [0.05, 0.1) is 47.6 Å². The van der Waals surface area contributed by atoms with Crippen molar-refractivity contribution in [1.29, 1.82) is 0 Å². The van der Waals surface area contributed by atoms with Gasteiger partial charge in [-0.2, -0.15) is 0 Å². The molecule has 4 aliphatic rings. The second-order valence-electron chi connectivity index (χ2n) is 27.4. The molecular formula is C67H110ClF2N2O13P. The van der Waals surface area contributed by atoms with Crippen LogP contribution < -0.4 is 10.6 Å². The Hall–Kier alpha value is -2.48. The SMILES string of the molecule is CC[C@H]1OC(=O)[C@H](C)[C@@H](O[C@H]2C[C@@](C)(OC)[C@@H](O)[C@H](C)O2)[C@H](C)[C@@H](O[C@@H]2O[C@H](C)C[C@H](N(C)C)[C@H]2O)[C@](C)(O)C[C@@H](C)CN(C(=O)CCCCCCCCCCCP(Cl)(c2ccccc2)(c2ccccc2)C2CCC(F)(F)CC2)[C@H](C)[C@@H](O)[C@]1(C)O. The number of aliphatic hydroxyl groups is 5. The number of alkyl halides is 2. The second kappa shape index (κ2) is 30.8. The predicted molar refractivity (Wildman–Crippen MR) is 336 cm³/mol. The smallest absolute Gasteiger partial charge is 0.126 e. The molecule has 18 atom stereocenters. The molecule has 3 heterocycles. The number of methoxy groups -OCH3 is 1. The van der Waals surface area contributed by atoms with E-state index in [4.69, 9.17) is 39.7 Å². The number of nitrogens with zero attached hydrogens (tertiary/aromatic N) is 2. The van der Waals surface area contributed by atoms with Crippen molar-refractivity contribution in [2.75, 3.05) is 33.9 Å². The van der Waals surface area contributed by atoms with Crippen LogP contribution >= 0.6 is 17.2 Å². The van der Waals surface area contributed by atoms with Gasteiger partial charge in [0.2, 0.25) is 0 Å². The van der Waals surface area contributed by atoms with Crippen LogP contribution in [0.2, 0.25) is 0 Å². The standard InChI is InChI=1S/C67H110ClF2N2O13P/c1-14-54-66(10,79)59(75)48(6)72(55(73)34-28-20-18-16-15-17-19-21-29-39-86(68,50-30-24-22-25-31-50,51-32-26-23-27-33-51)52-35-37-67(69,70)38-36-52)43-44(2)41-64(8,78)61(85-63-57(74)53(71(11)12)40-45(3)81-63)46(4)58(47(5)62(77)83-54)84-56-42-65(9,80-13)60(76)49(7)82-56/h22-27,30-33,44-49,52-54,56-61,63,74-76,78-79H,14-21,28-29,34-43H2,1-13H3/t44-,45-,46+,47-,48-,49+,53+,54-,56+,57-,58+,59-,60+,61-,63+,64-,65-,66-/m1/s1. The van der Waals surface area contributed by atoms with Crippen molar-refractivity contribution in [2.45, 2.75) is 287 Å². The number of rotatable bonds is 22. The van der Waals surface area contributed by atoms with Crippen LogP contribution in [-0.4, -0.2) is 183 Å². The number of amides is 1. The van der Waals surface area contributed by atoms with Gasteiger partial charge in [-0.15, -0.1) is 0 Å². The van der Waals surface area contributed by atoms with Gasteiger partial charge in [-0.1, -0.05) is 20.8 Å². The molecule has 0 unspecified atom stereocenters. The van der Waals surface area contributed by atoms with Crippen molar-refractivity contribution in [3.63, 3.8) is 0 Å². The minimum atomic E-state index is -3.42. The Balaban J connectivity index is 1.15. The zero-order valence-electron chi connectivity index (χ0n) is 54.1. The third kappa shape index (κ3) is 17.0. The van der Waals surface area contributed by atoms with Crippen molar-refractivity contribution in [2.24, 2.45) is 17.8 Å². The summed E-state index contributed by atoms with van der Waals surface area (Å²) in [6, 6.07) is 19.2. The number of halogens is 3. The third-order valence-corrected chi connectivity index (χ3v) is 28.9.